The Kier molecular flexibility index (Phi) is 3.78. The fourth-order valence-corrected chi connectivity index (χ4v) is 3.17. The Labute approximate surface area is 131 Å². The molecular formula is C16H16BrNO3. The fraction of sp³-hybridized carbons (Fsp3) is 0.250. The number of halogens is 1. The molecule has 0 radical (unpaired) electrons. The quantitative estimate of drug-likeness (QED) is 0.729. The molecule has 1 heterocycles. The van der Waals surface area contributed by atoms with Gasteiger partial charge < -0.3 is 20.3 Å². The van der Waals surface area contributed by atoms with Gasteiger partial charge in [0.15, 0.2) is 11.5 Å². The molecule has 3 N–H and O–H groups in total. The molecule has 1 unspecified atom stereocenters. The summed E-state index contributed by atoms with van der Waals surface area (Å²) in [7, 11) is 1.64. The number of phenols is 2. The predicted molar refractivity (Wildman–Crippen MR) is 84.0 cm³/mol. The van der Waals surface area contributed by atoms with Crippen molar-refractivity contribution in [3.63, 3.8) is 0 Å². The molecule has 0 spiro atoms. The van der Waals surface area contributed by atoms with E-state index in [-0.39, 0.29) is 17.5 Å². The second-order valence-corrected chi connectivity index (χ2v) is 5.98. The second-order valence-electron chi connectivity index (χ2n) is 5.06. The molecule has 0 aliphatic carbocycles. The van der Waals surface area contributed by atoms with E-state index in [1.165, 1.54) is 0 Å². The van der Waals surface area contributed by atoms with E-state index in [2.05, 4.69) is 21.2 Å². The Hall–Kier alpha value is -1.72. The maximum absolute atomic E-state index is 9.80. The van der Waals surface area contributed by atoms with Gasteiger partial charge in [-0.3, -0.25) is 0 Å². The molecule has 0 aromatic heterocycles. The molecule has 0 amide bonds. The Balaban J connectivity index is 2.14. The van der Waals surface area contributed by atoms with Crippen molar-refractivity contribution in [2.24, 2.45) is 0 Å². The van der Waals surface area contributed by atoms with Crippen LogP contribution in [0.4, 0.5) is 0 Å². The number of fused-ring (bicyclic) bond motifs is 1. The first-order chi connectivity index (χ1) is 10.1. The summed E-state index contributed by atoms with van der Waals surface area (Å²) >= 11 is 3.49. The molecule has 5 heteroatoms. The number of nitrogens with one attached hydrogen (secondary N) is 1. The minimum absolute atomic E-state index is 0.0735. The van der Waals surface area contributed by atoms with Crippen molar-refractivity contribution in [1.82, 2.24) is 5.32 Å². The summed E-state index contributed by atoms with van der Waals surface area (Å²) in [4.78, 5) is 0. The van der Waals surface area contributed by atoms with Gasteiger partial charge >= 0.3 is 0 Å². The standard InChI is InChI=1S/C16H16BrNO3/c1-21-15-3-2-10(17)7-12(15)16-11-8-14(20)13(19)6-9(11)4-5-18-16/h2-3,6-8,16,18-20H,4-5H2,1H3. The Morgan fingerprint density at radius 1 is 1.14 bits per heavy atom. The summed E-state index contributed by atoms with van der Waals surface area (Å²) in [5, 5.41) is 22.9. The second kappa shape index (κ2) is 5.58. The normalized spacial score (nSPS) is 17.3. The number of benzene rings is 2. The van der Waals surface area contributed by atoms with Crippen molar-refractivity contribution < 1.29 is 14.9 Å². The van der Waals surface area contributed by atoms with Crippen molar-refractivity contribution in [2.75, 3.05) is 13.7 Å². The van der Waals surface area contributed by atoms with Gasteiger partial charge in [0.1, 0.15) is 5.75 Å². The molecule has 1 aliphatic heterocycles. The van der Waals surface area contributed by atoms with Crippen molar-refractivity contribution in [2.45, 2.75) is 12.5 Å². The number of aromatic hydroxyl groups is 2. The lowest BCUT2D eigenvalue weighted by atomic mass is 9.89. The van der Waals surface area contributed by atoms with Gasteiger partial charge in [-0.2, -0.15) is 0 Å². The lowest BCUT2D eigenvalue weighted by molar-refractivity contribution is 0.395. The zero-order valence-corrected chi connectivity index (χ0v) is 13.1. The third kappa shape index (κ3) is 2.59. The summed E-state index contributed by atoms with van der Waals surface area (Å²) in [6.07, 6.45) is 0.815. The Bertz CT molecular complexity index is 687. The van der Waals surface area contributed by atoms with Crippen LogP contribution in [-0.4, -0.2) is 23.9 Å². The Morgan fingerprint density at radius 2 is 1.90 bits per heavy atom. The van der Waals surface area contributed by atoms with Crippen LogP contribution in [0.5, 0.6) is 17.2 Å². The highest BCUT2D eigenvalue weighted by Crippen LogP contribution is 2.39. The first kappa shape index (κ1) is 14.2. The zero-order valence-electron chi connectivity index (χ0n) is 11.6. The first-order valence-corrected chi connectivity index (χ1v) is 7.51. The lowest BCUT2D eigenvalue weighted by Gasteiger charge is -2.29. The Morgan fingerprint density at radius 3 is 2.67 bits per heavy atom. The topological polar surface area (TPSA) is 61.7 Å². The fourth-order valence-electron chi connectivity index (χ4n) is 2.79. The van der Waals surface area contributed by atoms with Crippen molar-refractivity contribution in [3.05, 3.63) is 51.5 Å². The van der Waals surface area contributed by atoms with Gasteiger partial charge in [0, 0.05) is 16.6 Å². The SMILES string of the molecule is COc1ccc(Br)cc1C1NCCc2cc(O)c(O)cc21. The van der Waals surface area contributed by atoms with Gasteiger partial charge in [-0.15, -0.1) is 0 Å². The molecule has 1 atom stereocenters. The minimum atomic E-state index is -0.101. The third-order valence-electron chi connectivity index (χ3n) is 3.79. The smallest absolute Gasteiger partial charge is 0.157 e. The molecular weight excluding hydrogens is 334 g/mol. The van der Waals surface area contributed by atoms with Gasteiger partial charge in [-0.05, 0) is 47.9 Å². The summed E-state index contributed by atoms with van der Waals surface area (Å²) < 4.78 is 6.42. The molecule has 4 nitrogen and oxygen atoms in total. The molecule has 0 saturated carbocycles. The molecule has 0 bridgehead atoms. The molecule has 0 saturated heterocycles. The van der Waals surface area contributed by atoms with Crippen LogP contribution < -0.4 is 10.1 Å². The maximum atomic E-state index is 9.80. The molecule has 3 rings (SSSR count). The van der Waals surface area contributed by atoms with E-state index in [1.807, 2.05) is 18.2 Å². The van der Waals surface area contributed by atoms with E-state index in [0.717, 1.165) is 39.9 Å². The monoisotopic (exact) mass is 349 g/mol. The van der Waals surface area contributed by atoms with E-state index in [1.54, 1.807) is 19.2 Å². The van der Waals surface area contributed by atoms with E-state index < -0.39 is 0 Å². The number of methoxy groups -OCH3 is 1. The lowest BCUT2D eigenvalue weighted by Crippen LogP contribution is -2.30. The number of hydrogen-bond donors (Lipinski definition) is 3. The highest BCUT2D eigenvalue weighted by molar-refractivity contribution is 9.10. The van der Waals surface area contributed by atoms with Gasteiger partial charge in [0.2, 0.25) is 0 Å². The van der Waals surface area contributed by atoms with Crippen LogP contribution >= 0.6 is 15.9 Å². The van der Waals surface area contributed by atoms with Crippen molar-refractivity contribution in [3.8, 4) is 17.2 Å². The maximum Gasteiger partial charge on any atom is 0.157 e. The van der Waals surface area contributed by atoms with Gasteiger partial charge in [-0.1, -0.05) is 15.9 Å². The summed E-state index contributed by atoms with van der Waals surface area (Å²) in [5.74, 6) is 0.614. The van der Waals surface area contributed by atoms with E-state index in [9.17, 15) is 10.2 Å². The average molecular weight is 350 g/mol. The van der Waals surface area contributed by atoms with E-state index in [4.69, 9.17) is 4.74 Å². The minimum Gasteiger partial charge on any atom is -0.504 e. The van der Waals surface area contributed by atoms with Crippen LogP contribution in [-0.2, 0) is 6.42 Å². The number of rotatable bonds is 2. The van der Waals surface area contributed by atoms with Gasteiger partial charge in [-0.25, -0.2) is 0 Å². The van der Waals surface area contributed by atoms with Crippen LogP contribution in [0.25, 0.3) is 0 Å². The molecule has 2 aromatic rings. The number of phenolic OH excluding ortho intramolecular Hbond substituents is 2. The molecule has 110 valence electrons. The van der Waals surface area contributed by atoms with Crippen LogP contribution in [0.2, 0.25) is 0 Å². The molecule has 0 fully saturated rings. The summed E-state index contributed by atoms with van der Waals surface area (Å²) in [6, 6.07) is 9.05. The van der Waals surface area contributed by atoms with Crippen molar-refractivity contribution >= 4 is 15.9 Å². The van der Waals surface area contributed by atoms with Crippen LogP contribution in [0, 0.1) is 0 Å². The summed E-state index contributed by atoms with van der Waals surface area (Å²) in [6.45, 7) is 0.803. The van der Waals surface area contributed by atoms with Crippen LogP contribution in [0.3, 0.4) is 0 Å². The van der Waals surface area contributed by atoms with Gasteiger partial charge in [0.25, 0.3) is 0 Å². The van der Waals surface area contributed by atoms with Gasteiger partial charge in [0.05, 0.1) is 13.2 Å². The first-order valence-electron chi connectivity index (χ1n) is 6.71. The van der Waals surface area contributed by atoms with Crippen LogP contribution in [0.1, 0.15) is 22.7 Å². The third-order valence-corrected chi connectivity index (χ3v) is 4.29. The largest absolute Gasteiger partial charge is 0.504 e. The summed E-state index contributed by atoms with van der Waals surface area (Å²) in [5.41, 5.74) is 3.00. The predicted octanol–water partition coefficient (Wildman–Crippen LogP) is 3.10. The van der Waals surface area contributed by atoms with E-state index >= 15 is 0 Å². The van der Waals surface area contributed by atoms with Crippen LogP contribution in [0.15, 0.2) is 34.8 Å². The molecule has 21 heavy (non-hydrogen) atoms. The van der Waals surface area contributed by atoms with Crippen molar-refractivity contribution in [1.29, 1.82) is 0 Å². The average Bonchev–Trinajstić information content (AvgIpc) is 2.48. The molecule has 2 aromatic carbocycles. The molecule has 1 aliphatic rings. The van der Waals surface area contributed by atoms with E-state index in [0.29, 0.717) is 0 Å². The zero-order chi connectivity index (χ0) is 15.0. The number of hydrogen-bond acceptors (Lipinski definition) is 4. The highest BCUT2D eigenvalue weighted by Gasteiger charge is 2.25. The number of ether oxygens (including phenoxy) is 1. The highest BCUT2D eigenvalue weighted by atomic mass is 79.9.